The molecule has 0 fully saturated rings. The van der Waals surface area contributed by atoms with Crippen molar-refractivity contribution in [1.82, 2.24) is 20.3 Å². The number of aromatic amines is 1. The normalized spacial score (nSPS) is 13.1. The van der Waals surface area contributed by atoms with Crippen molar-refractivity contribution in [1.29, 1.82) is 0 Å². The monoisotopic (exact) mass is 429 g/mol. The van der Waals surface area contributed by atoms with Crippen molar-refractivity contribution in [3.05, 3.63) is 35.2 Å². The third-order valence-corrected chi connectivity index (χ3v) is 5.17. The molecule has 0 bridgehead atoms. The summed E-state index contributed by atoms with van der Waals surface area (Å²) in [6, 6.07) is 3.84. The lowest BCUT2D eigenvalue weighted by Crippen LogP contribution is -2.47. The molecule has 1 aromatic carbocycles. The number of aryl methyl sites for hydroxylation is 1. The lowest BCUT2D eigenvalue weighted by atomic mass is 9.96. The SMILES string of the molecule is Cc1cc2c(cc1Cc1nc3c([nH]1)c(N)nc(F)[n+]3CCNC(=O)C(C)(C)C)OCO2. The Morgan fingerprint density at radius 1 is 1.29 bits per heavy atom. The van der Waals surface area contributed by atoms with Gasteiger partial charge in [-0.3, -0.25) is 4.79 Å². The quantitative estimate of drug-likeness (QED) is 0.420. The summed E-state index contributed by atoms with van der Waals surface area (Å²) in [4.78, 5) is 23.6. The predicted molar refractivity (Wildman–Crippen MR) is 111 cm³/mol. The van der Waals surface area contributed by atoms with Gasteiger partial charge in [0.25, 0.3) is 5.65 Å². The molecule has 4 N–H and O–H groups in total. The molecule has 10 heteroatoms. The zero-order valence-corrected chi connectivity index (χ0v) is 18.0. The molecule has 1 aliphatic heterocycles. The minimum absolute atomic E-state index is 0.0311. The number of nitrogens with one attached hydrogen (secondary N) is 2. The Hall–Kier alpha value is -3.43. The van der Waals surface area contributed by atoms with Crippen LogP contribution in [0.25, 0.3) is 11.2 Å². The van der Waals surface area contributed by atoms with Gasteiger partial charge in [-0.15, -0.1) is 4.39 Å². The molecule has 31 heavy (non-hydrogen) atoms. The Morgan fingerprint density at radius 2 is 2.00 bits per heavy atom. The van der Waals surface area contributed by atoms with E-state index < -0.39 is 11.5 Å². The van der Waals surface area contributed by atoms with Crippen molar-refractivity contribution in [2.24, 2.45) is 5.41 Å². The summed E-state index contributed by atoms with van der Waals surface area (Å²) < 4.78 is 26.7. The smallest absolute Gasteiger partial charge is 0.425 e. The van der Waals surface area contributed by atoms with Gasteiger partial charge in [0.2, 0.25) is 18.5 Å². The van der Waals surface area contributed by atoms with Crippen LogP contribution in [0.5, 0.6) is 11.5 Å². The van der Waals surface area contributed by atoms with Gasteiger partial charge in [0.1, 0.15) is 0 Å². The number of nitrogens with zero attached hydrogens (tertiary/aromatic N) is 3. The predicted octanol–water partition coefficient (Wildman–Crippen LogP) is 1.76. The first-order valence-electron chi connectivity index (χ1n) is 10.0. The summed E-state index contributed by atoms with van der Waals surface area (Å²) in [5.41, 5.74) is 8.23. The molecule has 0 saturated heterocycles. The molecule has 1 aliphatic rings. The van der Waals surface area contributed by atoms with E-state index in [-0.39, 0.29) is 31.6 Å². The maximum absolute atomic E-state index is 14.6. The summed E-state index contributed by atoms with van der Waals surface area (Å²) in [6.45, 7) is 8.04. The van der Waals surface area contributed by atoms with Crippen molar-refractivity contribution in [3.63, 3.8) is 0 Å². The number of benzene rings is 1. The van der Waals surface area contributed by atoms with Crippen LogP contribution in [0.15, 0.2) is 12.1 Å². The number of anilines is 1. The van der Waals surface area contributed by atoms with E-state index in [1.807, 2.05) is 39.8 Å². The zero-order valence-electron chi connectivity index (χ0n) is 18.0. The fourth-order valence-electron chi connectivity index (χ4n) is 3.37. The summed E-state index contributed by atoms with van der Waals surface area (Å²) in [6.07, 6.45) is -0.286. The summed E-state index contributed by atoms with van der Waals surface area (Å²) in [5, 5.41) is 2.81. The van der Waals surface area contributed by atoms with Crippen LogP contribution in [0.2, 0.25) is 0 Å². The van der Waals surface area contributed by atoms with Gasteiger partial charge in [-0.05, 0) is 30.2 Å². The van der Waals surface area contributed by atoms with E-state index in [0.29, 0.717) is 29.2 Å². The minimum Gasteiger partial charge on any atom is -0.454 e. The number of carbonyl (C=O) groups excluding carboxylic acids is 1. The van der Waals surface area contributed by atoms with Gasteiger partial charge in [0, 0.05) is 18.4 Å². The number of carbonyl (C=O) groups is 1. The van der Waals surface area contributed by atoms with Crippen LogP contribution in [-0.2, 0) is 17.8 Å². The van der Waals surface area contributed by atoms with Crippen molar-refractivity contribution < 1.29 is 23.2 Å². The molecule has 9 nitrogen and oxygen atoms in total. The van der Waals surface area contributed by atoms with Crippen molar-refractivity contribution in [2.75, 3.05) is 19.1 Å². The fourth-order valence-corrected chi connectivity index (χ4v) is 3.37. The average molecular weight is 429 g/mol. The highest BCUT2D eigenvalue weighted by Crippen LogP contribution is 2.35. The number of rotatable bonds is 5. The highest BCUT2D eigenvalue weighted by atomic mass is 19.1. The van der Waals surface area contributed by atoms with E-state index in [2.05, 4.69) is 20.3 Å². The largest absolute Gasteiger partial charge is 0.454 e. The zero-order chi connectivity index (χ0) is 22.3. The number of aromatic nitrogens is 4. The average Bonchev–Trinajstić information content (AvgIpc) is 3.30. The van der Waals surface area contributed by atoms with Crippen molar-refractivity contribution in [2.45, 2.75) is 40.7 Å². The second kappa shape index (κ2) is 7.68. The molecular formula is C21H26FN6O3+. The molecule has 164 valence electrons. The van der Waals surface area contributed by atoms with Crippen LogP contribution in [-0.4, -0.2) is 34.2 Å². The number of ether oxygens (including phenoxy) is 2. The van der Waals surface area contributed by atoms with Crippen molar-refractivity contribution in [3.8, 4) is 11.5 Å². The molecular weight excluding hydrogens is 403 g/mol. The molecule has 0 radical (unpaired) electrons. The summed E-state index contributed by atoms with van der Waals surface area (Å²) in [7, 11) is 0. The van der Waals surface area contributed by atoms with Gasteiger partial charge < -0.3 is 25.5 Å². The fraction of sp³-hybridized carbons (Fsp3) is 0.429. The standard InChI is InChI=1S/C21H25FN6O3/c1-11-7-13-14(31-10-30-13)8-12(11)9-15-25-16-17(23)27-20(22)28(18(16)26-15)6-5-24-19(29)21(2,3)4/h7-8H,5-6,9-10H2,1-4H3,(H3,23,24,25,26,29)/p+1. The highest BCUT2D eigenvalue weighted by molar-refractivity contribution is 5.81. The van der Waals surface area contributed by atoms with Gasteiger partial charge in [-0.2, -0.15) is 4.57 Å². The number of hydrogen-bond donors (Lipinski definition) is 3. The molecule has 0 unspecified atom stereocenters. The van der Waals surface area contributed by atoms with E-state index in [1.54, 1.807) is 0 Å². The van der Waals surface area contributed by atoms with Gasteiger partial charge in [-0.1, -0.05) is 30.7 Å². The molecule has 0 spiro atoms. The van der Waals surface area contributed by atoms with Crippen LogP contribution in [0, 0.1) is 18.4 Å². The van der Waals surface area contributed by atoms with E-state index in [4.69, 9.17) is 15.2 Å². The number of halogens is 1. The maximum Gasteiger partial charge on any atom is 0.425 e. The van der Waals surface area contributed by atoms with E-state index in [9.17, 15) is 9.18 Å². The first-order chi connectivity index (χ1) is 14.6. The molecule has 2 aromatic heterocycles. The van der Waals surface area contributed by atoms with Gasteiger partial charge in [0.15, 0.2) is 22.8 Å². The van der Waals surface area contributed by atoms with Crippen LogP contribution in [0.1, 0.15) is 37.7 Å². The van der Waals surface area contributed by atoms with Gasteiger partial charge >= 0.3 is 6.08 Å². The first kappa shape index (κ1) is 20.8. The molecule has 0 atom stereocenters. The molecule has 0 saturated carbocycles. The van der Waals surface area contributed by atoms with Crippen LogP contribution >= 0.6 is 0 Å². The molecule has 1 amide bonds. The molecule has 3 aromatic rings. The number of fused-ring (bicyclic) bond motifs is 2. The third-order valence-electron chi connectivity index (χ3n) is 5.17. The number of H-pyrrole nitrogens is 1. The van der Waals surface area contributed by atoms with Gasteiger partial charge in [0.05, 0.1) is 6.54 Å². The summed E-state index contributed by atoms with van der Waals surface area (Å²) in [5.74, 6) is 1.94. The Labute approximate surface area is 178 Å². The number of imidazole rings is 1. The Morgan fingerprint density at radius 3 is 2.71 bits per heavy atom. The second-order valence-corrected chi connectivity index (χ2v) is 8.61. The molecule has 0 aliphatic carbocycles. The number of amides is 1. The highest BCUT2D eigenvalue weighted by Gasteiger charge is 2.26. The van der Waals surface area contributed by atoms with Crippen LogP contribution in [0.4, 0.5) is 10.2 Å². The lowest BCUT2D eigenvalue weighted by molar-refractivity contribution is -0.702. The van der Waals surface area contributed by atoms with Crippen LogP contribution in [0.3, 0.4) is 0 Å². The molecule has 4 rings (SSSR count). The topological polar surface area (TPSA) is 119 Å². The maximum atomic E-state index is 14.6. The van der Waals surface area contributed by atoms with Gasteiger partial charge in [-0.25, -0.2) is 0 Å². The number of nitrogen functional groups attached to an aromatic ring is 1. The first-order valence-corrected chi connectivity index (χ1v) is 10.0. The van der Waals surface area contributed by atoms with E-state index in [0.717, 1.165) is 16.9 Å². The Kier molecular flexibility index (Phi) is 5.16. The number of nitrogens with two attached hydrogens (primary N) is 1. The molecule has 3 heterocycles. The summed E-state index contributed by atoms with van der Waals surface area (Å²) >= 11 is 0. The van der Waals surface area contributed by atoms with Crippen molar-refractivity contribution >= 4 is 22.9 Å². The van der Waals surface area contributed by atoms with Crippen LogP contribution < -0.4 is 25.1 Å². The Balaban J connectivity index is 1.60. The Bertz CT molecular complexity index is 1170. The number of hydrogen-bond acceptors (Lipinski definition) is 6. The minimum atomic E-state index is -0.757. The lowest BCUT2D eigenvalue weighted by Gasteiger charge is -2.17. The van der Waals surface area contributed by atoms with E-state index in [1.165, 1.54) is 4.57 Å². The van der Waals surface area contributed by atoms with E-state index >= 15 is 0 Å². The second-order valence-electron chi connectivity index (χ2n) is 8.61. The third kappa shape index (κ3) is 4.10.